The van der Waals surface area contributed by atoms with Gasteiger partial charge in [-0.15, -0.1) is 0 Å². The summed E-state index contributed by atoms with van der Waals surface area (Å²) in [7, 11) is 0. The molecule has 1 aliphatic carbocycles. The van der Waals surface area contributed by atoms with Crippen molar-refractivity contribution in [2.24, 2.45) is 5.92 Å². The van der Waals surface area contributed by atoms with Crippen molar-refractivity contribution in [3.63, 3.8) is 0 Å². The van der Waals surface area contributed by atoms with Crippen LogP contribution in [0.5, 0.6) is 0 Å². The average Bonchev–Trinajstić information content (AvgIpc) is 2.42. The minimum absolute atomic E-state index is 0.126. The molecule has 1 aliphatic rings. The second kappa shape index (κ2) is 5.63. The monoisotopic (exact) mass is 248 g/mol. The Hall–Kier alpha value is -1.89. The molecule has 2 nitrogen and oxygen atoms in total. The largest absolute Gasteiger partial charge is 0.382 e. The Kier molecular flexibility index (Phi) is 3.93. The van der Waals surface area contributed by atoms with E-state index in [1.165, 1.54) is 12.1 Å². The summed E-state index contributed by atoms with van der Waals surface area (Å²) < 4.78 is 27.0. The maximum atomic E-state index is 13.6. The minimum atomic E-state index is -1.08. The van der Waals surface area contributed by atoms with E-state index in [2.05, 4.69) is 17.5 Å². The minimum Gasteiger partial charge on any atom is -0.382 e. The van der Waals surface area contributed by atoms with Crippen LogP contribution in [-0.2, 0) is 0 Å². The lowest BCUT2D eigenvalue weighted by Gasteiger charge is -2.19. The van der Waals surface area contributed by atoms with Crippen molar-refractivity contribution in [3.05, 3.63) is 41.5 Å². The molecule has 1 aromatic rings. The molecule has 0 fully saturated rings. The Morgan fingerprint density at radius 2 is 2.11 bits per heavy atom. The van der Waals surface area contributed by atoms with E-state index in [0.717, 1.165) is 19.3 Å². The summed E-state index contributed by atoms with van der Waals surface area (Å²) in [5, 5.41) is 11.5. The van der Waals surface area contributed by atoms with E-state index in [0.29, 0.717) is 12.5 Å². The highest BCUT2D eigenvalue weighted by Gasteiger charge is 2.15. The third-order valence-electron chi connectivity index (χ3n) is 3.16. The molecule has 0 saturated carbocycles. The van der Waals surface area contributed by atoms with Crippen molar-refractivity contribution in [1.82, 2.24) is 0 Å². The first-order valence-electron chi connectivity index (χ1n) is 5.99. The van der Waals surface area contributed by atoms with Gasteiger partial charge in [-0.2, -0.15) is 5.26 Å². The van der Waals surface area contributed by atoms with Crippen LogP contribution < -0.4 is 5.32 Å². The first kappa shape index (κ1) is 12.6. The van der Waals surface area contributed by atoms with Gasteiger partial charge in [0.15, 0.2) is 11.6 Å². The van der Waals surface area contributed by atoms with Crippen LogP contribution >= 0.6 is 0 Å². The maximum Gasteiger partial charge on any atom is 0.183 e. The number of allylic oxidation sites excluding steroid dienone is 2. The maximum absolute atomic E-state index is 13.6. The SMILES string of the molecule is N#Cc1ccc(NCC2CC=CCC2)c(F)c1F. The normalized spacial score (nSPS) is 18.4. The molecule has 0 spiro atoms. The van der Waals surface area contributed by atoms with E-state index >= 15 is 0 Å². The number of nitriles is 1. The quantitative estimate of drug-likeness (QED) is 0.829. The van der Waals surface area contributed by atoms with Crippen LogP contribution in [0.25, 0.3) is 0 Å². The Balaban J connectivity index is 2.04. The molecule has 0 heterocycles. The summed E-state index contributed by atoms with van der Waals surface area (Å²) in [6.07, 6.45) is 7.32. The predicted octanol–water partition coefficient (Wildman–Crippen LogP) is 3.60. The number of rotatable bonds is 3. The molecule has 0 radical (unpaired) electrons. The standard InChI is InChI=1S/C14H14F2N2/c15-13-11(8-17)6-7-12(14(13)16)18-9-10-4-2-1-3-5-10/h1-2,6-7,10,18H,3-5,9H2. The number of benzene rings is 1. The molecule has 0 aliphatic heterocycles. The van der Waals surface area contributed by atoms with Crippen molar-refractivity contribution in [3.8, 4) is 6.07 Å². The molecular formula is C14H14F2N2. The fraction of sp³-hybridized carbons (Fsp3) is 0.357. The van der Waals surface area contributed by atoms with Gasteiger partial charge in [-0.25, -0.2) is 8.78 Å². The lowest BCUT2D eigenvalue weighted by atomic mass is 9.94. The van der Waals surface area contributed by atoms with Crippen LogP contribution in [0.15, 0.2) is 24.3 Å². The molecule has 1 atom stereocenters. The van der Waals surface area contributed by atoms with Crippen LogP contribution in [0, 0.1) is 28.9 Å². The highest BCUT2D eigenvalue weighted by molar-refractivity contribution is 5.49. The third-order valence-corrected chi connectivity index (χ3v) is 3.16. The molecule has 0 bridgehead atoms. The molecule has 4 heteroatoms. The number of nitrogens with one attached hydrogen (secondary N) is 1. The summed E-state index contributed by atoms with van der Waals surface area (Å²) in [5.74, 6) is -1.60. The summed E-state index contributed by atoms with van der Waals surface area (Å²) in [6.45, 7) is 0.618. The fourth-order valence-electron chi connectivity index (χ4n) is 2.07. The van der Waals surface area contributed by atoms with Gasteiger partial charge >= 0.3 is 0 Å². The van der Waals surface area contributed by atoms with Crippen LogP contribution in [0.2, 0.25) is 0 Å². The summed E-state index contributed by atoms with van der Waals surface area (Å²) in [6, 6.07) is 4.32. The first-order valence-corrected chi connectivity index (χ1v) is 5.99. The zero-order chi connectivity index (χ0) is 13.0. The predicted molar refractivity (Wildman–Crippen MR) is 66.0 cm³/mol. The van der Waals surface area contributed by atoms with Crippen molar-refractivity contribution in [2.75, 3.05) is 11.9 Å². The zero-order valence-electron chi connectivity index (χ0n) is 9.92. The van der Waals surface area contributed by atoms with Crippen molar-refractivity contribution in [2.45, 2.75) is 19.3 Å². The van der Waals surface area contributed by atoms with Gasteiger partial charge < -0.3 is 5.32 Å². The number of hydrogen-bond acceptors (Lipinski definition) is 2. The molecule has 1 N–H and O–H groups in total. The van der Waals surface area contributed by atoms with Gasteiger partial charge in [-0.1, -0.05) is 12.2 Å². The van der Waals surface area contributed by atoms with Gasteiger partial charge in [0.1, 0.15) is 6.07 Å². The van der Waals surface area contributed by atoms with Gasteiger partial charge in [-0.05, 0) is 37.3 Å². The Morgan fingerprint density at radius 1 is 1.28 bits per heavy atom. The fourth-order valence-corrected chi connectivity index (χ4v) is 2.07. The van der Waals surface area contributed by atoms with E-state index in [1.807, 2.05) is 0 Å². The molecule has 1 aromatic carbocycles. The second-order valence-electron chi connectivity index (χ2n) is 4.43. The molecule has 0 aromatic heterocycles. The number of halogens is 2. The van der Waals surface area contributed by atoms with Gasteiger partial charge in [0.2, 0.25) is 0 Å². The van der Waals surface area contributed by atoms with Crippen molar-refractivity contribution < 1.29 is 8.78 Å². The van der Waals surface area contributed by atoms with E-state index < -0.39 is 11.6 Å². The van der Waals surface area contributed by atoms with E-state index in [-0.39, 0.29) is 11.3 Å². The van der Waals surface area contributed by atoms with Crippen LogP contribution in [0.1, 0.15) is 24.8 Å². The van der Waals surface area contributed by atoms with Crippen LogP contribution in [0.4, 0.5) is 14.5 Å². The summed E-state index contributed by atoms with van der Waals surface area (Å²) >= 11 is 0. The lowest BCUT2D eigenvalue weighted by Crippen LogP contribution is -2.16. The average molecular weight is 248 g/mol. The van der Waals surface area contributed by atoms with E-state index in [1.54, 1.807) is 6.07 Å². The van der Waals surface area contributed by atoms with Gasteiger partial charge in [0, 0.05) is 6.54 Å². The molecule has 18 heavy (non-hydrogen) atoms. The smallest absolute Gasteiger partial charge is 0.183 e. The first-order chi connectivity index (χ1) is 8.72. The number of anilines is 1. The highest BCUT2D eigenvalue weighted by atomic mass is 19.2. The molecule has 2 rings (SSSR count). The molecule has 0 amide bonds. The molecule has 0 saturated heterocycles. The lowest BCUT2D eigenvalue weighted by molar-refractivity contribution is 0.493. The summed E-state index contributed by atoms with van der Waals surface area (Å²) in [5.41, 5.74) is -0.139. The number of nitrogens with zero attached hydrogens (tertiary/aromatic N) is 1. The second-order valence-corrected chi connectivity index (χ2v) is 4.43. The van der Waals surface area contributed by atoms with Gasteiger partial charge in [-0.3, -0.25) is 0 Å². The van der Waals surface area contributed by atoms with Crippen molar-refractivity contribution >= 4 is 5.69 Å². The van der Waals surface area contributed by atoms with Gasteiger partial charge in [0.25, 0.3) is 0 Å². The molecular weight excluding hydrogens is 234 g/mol. The van der Waals surface area contributed by atoms with Crippen LogP contribution in [0.3, 0.4) is 0 Å². The zero-order valence-corrected chi connectivity index (χ0v) is 9.92. The van der Waals surface area contributed by atoms with Crippen molar-refractivity contribution in [1.29, 1.82) is 5.26 Å². The third kappa shape index (κ3) is 2.67. The Morgan fingerprint density at radius 3 is 2.78 bits per heavy atom. The van der Waals surface area contributed by atoms with E-state index in [9.17, 15) is 8.78 Å². The highest BCUT2D eigenvalue weighted by Crippen LogP contribution is 2.23. The number of hydrogen-bond donors (Lipinski definition) is 1. The molecule has 1 unspecified atom stereocenters. The topological polar surface area (TPSA) is 35.8 Å². The Labute approximate surface area is 105 Å². The van der Waals surface area contributed by atoms with Gasteiger partial charge in [0.05, 0.1) is 11.3 Å². The summed E-state index contributed by atoms with van der Waals surface area (Å²) in [4.78, 5) is 0. The van der Waals surface area contributed by atoms with Crippen LogP contribution in [-0.4, -0.2) is 6.54 Å². The molecule has 94 valence electrons. The van der Waals surface area contributed by atoms with E-state index in [4.69, 9.17) is 5.26 Å². The Bertz CT molecular complexity index is 503.